The number of thiazole rings is 1. The van der Waals surface area contributed by atoms with Crippen LogP contribution in [0.2, 0.25) is 0 Å². The molecule has 1 aliphatic heterocycles. The van der Waals surface area contributed by atoms with Crippen molar-refractivity contribution in [2.75, 3.05) is 16.8 Å². The highest BCUT2D eigenvalue weighted by Gasteiger charge is 2.24. The second-order valence-corrected chi connectivity index (χ2v) is 10.2. The molecule has 0 aliphatic carbocycles. The third-order valence-electron chi connectivity index (χ3n) is 6.73. The molecule has 0 bridgehead atoms. The zero-order valence-electron chi connectivity index (χ0n) is 20.9. The van der Waals surface area contributed by atoms with E-state index in [2.05, 4.69) is 15.3 Å². The predicted molar refractivity (Wildman–Crippen MR) is 155 cm³/mol. The van der Waals surface area contributed by atoms with Crippen LogP contribution in [-0.4, -0.2) is 33.5 Å². The van der Waals surface area contributed by atoms with Crippen molar-refractivity contribution < 1.29 is 14.7 Å². The highest BCUT2D eigenvalue weighted by atomic mass is 32.1. The van der Waals surface area contributed by atoms with Gasteiger partial charge in [-0.2, -0.15) is 0 Å². The molecule has 2 aromatic heterocycles. The van der Waals surface area contributed by atoms with Gasteiger partial charge in [0, 0.05) is 24.2 Å². The molecule has 0 fully saturated rings. The number of carbonyl (C=O) groups is 2. The van der Waals surface area contributed by atoms with Gasteiger partial charge in [-0.3, -0.25) is 10.1 Å². The van der Waals surface area contributed by atoms with Crippen LogP contribution in [0.4, 0.5) is 10.9 Å². The van der Waals surface area contributed by atoms with Gasteiger partial charge in [0.05, 0.1) is 10.2 Å². The predicted octanol–water partition coefficient (Wildman–Crippen LogP) is 6.37. The van der Waals surface area contributed by atoms with Gasteiger partial charge in [0.15, 0.2) is 10.8 Å². The number of pyridine rings is 1. The van der Waals surface area contributed by atoms with Crippen LogP contribution in [0, 0.1) is 0 Å². The van der Waals surface area contributed by atoms with Crippen molar-refractivity contribution in [2.45, 2.75) is 13.0 Å². The smallest absolute Gasteiger partial charge is 0.355 e. The maximum atomic E-state index is 13.3. The number of benzene rings is 3. The van der Waals surface area contributed by atoms with E-state index in [1.54, 1.807) is 12.1 Å². The lowest BCUT2D eigenvalue weighted by Crippen LogP contribution is -2.33. The number of hydrogen-bond acceptors (Lipinski definition) is 6. The minimum atomic E-state index is -1.09. The lowest BCUT2D eigenvalue weighted by molar-refractivity contribution is 0.0690. The number of rotatable bonds is 6. The van der Waals surface area contributed by atoms with Gasteiger partial charge in [0.25, 0.3) is 5.91 Å². The van der Waals surface area contributed by atoms with Crippen LogP contribution in [0.25, 0.3) is 22.4 Å². The SMILES string of the molecule is O=C(Nc1nc2ccccc2s1)c1cccc2c1CN(c1ccc(/C=C/c3ccccc3)c(C(=O)O)n1)CC2. The second kappa shape index (κ2) is 10.5. The number of amides is 1. The molecule has 5 aromatic rings. The molecule has 0 saturated heterocycles. The van der Waals surface area contributed by atoms with E-state index in [4.69, 9.17) is 0 Å². The molecule has 1 aliphatic rings. The van der Waals surface area contributed by atoms with E-state index >= 15 is 0 Å². The van der Waals surface area contributed by atoms with Crippen LogP contribution >= 0.6 is 11.3 Å². The zero-order valence-corrected chi connectivity index (χ0v) is 21.7. The summed E-state index contributed by atoms with van der Waals surface area (Å²) in [7, 11) is 0. The topological polar surface area (TPSA) is 95.4 Å². The van der Waals surface area contributed by atoms with Crippen LogP contribution in [-0.2, 0) is 13.0 Å². The molecule has 0 unspecified atom stereocenters. The van der Waals surface area contributed by atoms with Gasteiger partial charge in [-0.15, -0.1) is 0 Å². The molecule has 3 heterocycles. The number of carboxylic acids is 1. The fraction of sp³-hybridized carbons (Fsp3) is 0.0968. The minimum Gasteiger partial charge on any atom is -0.476 e. The van der Waals surface area contributed by atoms with E-state index in [0.29, 0.717) is 35.2 Å². The molecule has 39 heavy (non-hydrogen) atoms. The van der Waals surface area contributed by atoms with E-state index in [-0.39, 0.29) is 11.6 Å². The Hall–Kier alpha value is -4.82. The van der Waals surface area contributed by atoms with Crippen LogP contribution in [0.15, 0.2) is 84.9 Å². The number of anilines is 2. The number of aromatic nitrogens is 2. The minimum absolute atomic E-state index is 0.00709. The molecule has 7 nitrogen and oxygen atoms in total. The molecule has 192 valence electrons. The third kappa shape index (κ3) is 5.15. The summed E-state index contributed by atoms with van der Waals surface area (Å²) in [6.45, 7) is 1.12. The normalized spacial score (nSPS) is 13.0. The molecule has 0 spiro atoms. The first-order chi connectivity index (χ1) is 19.0. The third-order valence-corrected chi connectivity index (χ3v) is 7.68. The van der Waals surface area contributed by atoms with Gasteiger partial charge >= 0.3 is 5.97 Å². The molecule has 1 amide bonds. The number of nitrogens with one attached hydrogen (secondary N) is 1. The van der Waals surface area contributed by atoms with Crippen molar-refractivity contribution in [3.8, 4) is 0 Å². The lowest BCUT2D eigenvalue weighted by Gasteiger charge is -2.31. The first-order valence-corrected chi connectivity index (χ1v) is 13.4. The van der Waals surface area contributed by atoms with E-state index in [9.17, 15) is 14.7 Å². The summed E-state index contributed by atoms with van der Waals surface area (Å²) in [4.78, 5) is 36.5. The van der Waals surface area contributed by atoms with E-state index in [1.807, 2.05) is 89.8 Å². The maximum Gasteiger partial charge on any atom is 0.355 e. The Labute approximate surface area is 229 Å². The number of carbonyl (C=O) groups excluding carboxylic acids is 1. The van der Waals surface area contributed by atoms with E-state index < -0.39 is 5.97 Å². The van der Waals surface area contributed by atoms with Gasteiger partial charge in [-0.25, -0.2) is 14.8 Å². The Morgan fingerprint density at radius 3 is 2.54 bits per heavy atom. The van der Waals surface area contributed by atoms with Gasteiger partial charge in [0.1, 0.15) is 5.82 Å². The van der Waals surface area contributed by atoms with Gasteiger partial charge in [-0.1, -0.05) is 78.1 Å². The molecule has 6 rings (SSSR count). The second-order valence-electron chi connectivity index (χ2n) is 9.21. The fourth-order valence-electron chi connectivity index (χ4n) is 4.77. The summed E-state index contributed by atoms with van der Waals surface area (Å²) in [6, 6.07) is 26.8. The molecule has 0 saturated carbocycles. The highest BCUT2D eigenvalue weighted by molar-refractivity contribution is 7.22. The molecule has 8 heteroatoms. The average molecular weight is 533 g/mol. The van der Waals surface area contributed by atoms with Crippen molar-refractivity contribution in [1.29, 1.82) is 0 Å². The van der Waals surface area contributed by atoms with E-state index in [1.165, 1.54) is 11.3 Å². The Bertz CT molecular complexity index is 1700. The van der Waals surface area contributed by atoms with Gasteiger partial charge in [-0.05, 0) is 53.4 Å². The first-order valence-electron chi connectivity index (χ1n) is 12.6. The molecule has 0 atom stereocenters. The fourth-order valence-corrected chi connectivity index (χ4v) is 5.63. The molecular formula is C31H24N4O3S. The number of nitrogens with zero attached hydrogens (tertiary/aromatic N) is 3. The summed E-state index contributed by atoms with van der Waals surface area (Å²) in [5.41, 5.74) is 4.94. The number of para-hydroxylation sites is 1. The standard InChI is InChI=1S/C31H24N4O3S/c36-29(34-31-32-25-11-4-5-12-26(25)39-31)23-10-6-9-21-17-18-35(19-24(21)23)27-16-15-22(28(33-27)30(37)38)14-13-20-7-2-1-3-8-20/h1-16H,17-19H2,(H,37,38)(H,32,34,36)/b14-13+. The maximum absolute atomic E-state index is 13.3. The van der Waals surface area contributed by atoms with Crippen LogP contribution in [0.1, 0.15) is 43.1 Å². The summed E-state index contributed by atoms with van der Waals surface area (Å²) in [5, 5.41) is 13.4. The van der Waals surface area contributed by atoms with Crippen LogP contribution in [0.3, 0.4) is 0 Å². The summed E-state index contributed by atoms with van der Waals surface area (Å²) < 4.78 is 1.01. The largest absolute Gasteiger partial charge is 0.476 e. The number of aromatic carboxylic acids is 1. The molecule has 3 aromatic carbocycles. The monoisotopic (exact) mass is 532 g/mol. The quantitative estimate of drug-likeness (QED) is 0.264. The zero-order chi connectivity index (χ0) is 26.8. The Morgan fingerprint density at radius 1 is 0.897 bits per heavy atom. The summed E-state index contributed by atoms with van der Waals surface area (Å²) >= 11 is 1.44. The number of carboxylic acid groups (broad SMARTS) is 1. The van der Waals surface area contributed by atoms with Crippen LogP contribution < -0.4 is 10.2 Å². The first kappa shape index (κ1) is 24.5. The Morgan fingerprint density at radius 2 is 1.72 bits per heavy atom. The molecule has 0 radical (unpaired) electrons. The van der Waals surface area contributed by atoms with Crippen molar-refractivity contribution >= 4 is 56.5 Å². The Balaban J connectivity index is 1.26. The molecule has 2 N–H and O–H groups in total. The summed E-state index contributed by atoms with van der Waals surface area (Å²) in [6.07, 6.45) is 4.36. The van der Waals surface area contributed by atoms with Gasteiger partial charge in [0.2, 0.25) is 0 Å². The van der Waals surface area contributed by atoms with E-state index in [0.717, 1.165) is 33.3 Å². The number of fused-ring (bicyclic) bond motifs is 2. The van der Waals surface area contributed by atoms with Crippen molar-refractivity contribution in [1.82, 2.24) is 9.97 Å². The summed E-state index contributed by atoms with van der Waals surface area (Å²) in [5.74, 6) is -0.734. The van der Waals surface area contributed by atoms with Crippen molar-refractivity contribution in [2.24, 2.45) is 0 Å². The lowest BCUT2D eigenvalue weighted by atomic mass is 9.94. The van der Waals surface area contributed by atoms with Crippen LogP contribution in [0.5, 0.6) is 0 Å². The number of hydrogen-bond donors (Lipinski definition) is 2. The Kier molecular flexibility index (Phi) is 6.61. The van der Waals surface area contributed by atoms with Crippen molar-refractivity contribution in [3.05, 3.63) is 118 Å². The average Bonchev–Trinajstić information content (AvgIpc) is 3.38. The molecular weight excluding hydrogens is 508 g/mol. The van der Waals surface area contributed by atoms with Crippen molar-refractivity contribution in [3.63, 3.8) is 0 Å². The van der Waals surface area contributed by atoms with Gasteiger partial charge < -0.3 is 10.0 Å². The highest BCUT2D eigenvalue weighted by Crippen LogP contribution is 2.29.